The summed E-state index contributed by atoms with van der Waals surface area (Å²) >= 11 is 0. The summed E-state index contributed by atoms with van der Waals surface area (Å²) in [6.45, 7) is 6.50. The Labute approximate surface area is 280 Å². The van der Waals surface area contributed by atoms with Crippen LogP contribution in [0.1, 0.15) is 48.1 Å². The summed E-state index contributed by atoms with van der Waals surface area (Å²) in [5, 5.41) is 2.96. The average molecular weight is 680 g/mol. The van der Waals surface area contributed by atoms with Gasteiger partial charge in [-0.2, -0.15) is 13.2 Å². The molecule has 0 saturated heterocycles. The number of nitrogens with one attached hydrogen (secondary N) is 1. The number of sulfonamides is 1. The van der Waals surface area contributed by atoms with Crippen molar-refractivity contribution in [2.45, 2.75) is 70.2 Å². The third kappa shape index (κ3) is 9.25. The summed E-state index contributed by atoms with van der Waals surface area (Å²) in [4.78, 5) is 29.6. The minimum Gasteiger partial charge on any atom is -0.352 e. The van der Waals surface area contributed by atoms with Gasteiger partial charge in [-0.1, -0.05) is 90.8 Å². The molecule has 4 aromatic rings. The van der Waals surface area contributed by atoms with Crippen molar-refractivity contribution in [1.29, 1.82) is 0 Å². The first kappa shape index (κ1) is 36.2. The normalized spacial score (nSPS) is 13.0. The van der Waals surface area contributed by atoms with E-state index in [9.17, 15) is 31.2 Å². The first-order valence-corrected chi connectivity index (χ1v) is 17.1. The van der Waals surface area contributed by atoms with Crippen LogP contribution in [0, 0.1) is 13.8 Å². The van der Waals surface area contributed by atoms with E-state index in [4.69, 9.17) is 0 Å². The quantitative estimate of drug-likeness (QED) is 0.164. The zero-order valence-corrected chi connectivity index (χ0v) is 28.2. The van der Waals surface area contributed by atoms with Crippen LogP contribution in [-0.2, 0) is 38.8 Å². The van der Waals surface area contributed by atoms with Crippen LogP contribution in [0.25, 0.3) is 0 Å². The van der Waals surface area contributed by atoms with Gasteiger partial charge in [-0.15, -0.1) is 0 Å². The summed E-state index contributed by atoms with van der Waals surface area (Å²) in [7, 11) is -4.55. The van der Waals surface area contributed by atoms with Crippen LogP contribution in [0.3, 0.4) is 0 Å². The molecule has 0 aliphatic carbocycles. The van der Waals surface area contributed by atoms with Crippen molar-refractivity contribution >= 4 is 27.5 Å². The molecule has 0 aliphatic heterocycles. The molecule has 48 heavy (non-hydrogen) atoms. The number of carbonyl (C=O) groups excluding carboxylic acids is 2. The Morgan fingerprint density at radius 2 is 1.46 bits per heavy atom. The van der Waals surface area contributed by atoms with Gasteiger partial charge in [0.05, 0.1) is 16.1 Å². The predicted octanol–water partition coefficient (Wildman–Crippen LogP) is 7.07. The third-order valence-electron chi connectivity index (χ3n) is 8.06. The van der Waals surface area contributed by atoms with E-state index in [0.29, 0.717) is 22.4 Å². The molecular formula is C37H40F3N3O4S. The highest BCUT2D eigenvalue weighted by atomic mass is 32.2. The Balaban J connectivity index is 1.85. The van der Waals surface area contributed by atoms with Crippen LogP contribution >= 0.6 is 0 Å². The molecule has 0 unspecified atom stereocenters. The first-order chi connectivity index (χ1) is 22.7. The van der Waals surface area contributed by atoms with Gasteiger partial charge in [0, 0.05) is 19.0 Å². The number of amides is 2. The van der Waals surface area contributed by atoms with E-state index in [1.54, 1.807) is 25.1 Å². The van der Waals surface area contributed by atoms with Crippen LogP contribution in [0.5, 0.6) is 0 Å². The van der Waals surface area contributed by atoms with Crippen molar-refractivity contribution in [2.24, 2.45) is 0 Å². The number of alkyl halides is 3. The fraction of sp³-hybridized carbons (Fsp3) is 0.297. The molecular weight excluding hydrogens is 639 g/mol. The van der Waals surface area contributed by atoms with Gasteiger partial charge in [-0.05, 0) is 68.7 Å². The Bertz CT molecular complexity index is 1810. The van der Waals surface area contributed by atoms with Crippen molar-refractivity contribution in [3.8, 4) is 0 Å². The highest BCUT2D eigenvalue weighted by Gasteiger charge is 2.36. The SMILES string of the molecule is CC[C@@H](C)NC(=O)[C@@H](Cc1ccccc1)N(Cc1cccc(C)c1)C(=O)CN(c1cccc(C(F)(F)F)c1)S(=O)(=O)c1ccc(C)cc1. The number of nitrogens with zero attached hydrogens (tertiary/aromatic N) is 2. The third-order valence-corrected chi connectivity index (χ3v) is 9.84. The Hall–Kier alpha value is -4.64. The number of hydrogen-bond acceptors (Lipinski definition) is 4. The molecule has 2 atom stereocenters. The number of halogens is 3. The van der Waals surface area contributed by atoms with Gasteiger partial charge < -0.3 is 10.2 Å². The number of carbonyl (C=O) groups is 2. The molecule has 0 radical (unpaired) electrons. The van der Waals surface area contributed by atoms with Crippen LogP contribution < -0.4 is 9.62 Å². The average Bonchev–Trinajstić information content (AvgIpc) is 3.05. The lowest BCUT2D eigenvalue weighted by atomic mass is 10.0. The van der Waals surface area contributed by atoms with E-state index in [0.717, 1.165) is 28.8 Å². The molecule has 0 aromatic heterocycles. The smallest absolute Gasteiger partial charge is 0.352 e. The van der Waals surface area contributed by atoms with Gasteiger partial charge in [-0.25, -0.2) is 8.42 Å². The Kier molecular flexibility index (Phi) is 11.7. The van der Waals surface area contributed by atoms with E-state index >= 15 is 0 Å². The summed E-state index contributed by atoms with van der Waals surface area (Å²) < 4.78 is 70.4. The van der Waals surface area contributed by atoms with Crippen molar-refractivity contribution in [1.82, 2.24) is 10.2 Å². The first-order valence-electron chi connectivity index (χ1n) is 15.6. The zero-order chi connectivity index (χ0) is 35.1. The van der Waals surface area contributed by atoms with Crippen LogP contribution in [0.2, 0.25) is 0 Å². The maximum absolute atomic E-state index is 14.5. The molecule has 0 bridgehead atoms. The van der Waals surface area contributed by atoms with Crippen molar-refractivity contribution in [3.63, 3.8) is 0 Å². The van der Waals surface area contributed by atoms with E-state index < -0.39 is 46.2 Å². The molecule has 1 N–H and O–H groups in total. The zero-order valence-electron chi connectivity index (χ0n) is 27.4. The molecule has 2 amide bonds. The summed E-state index contributed by atoms with van der Waals surface area (Å²) in [6, 6.07) is 24.9. The minimum atomic E-state index is -4.76. The van der Waals surface area contributed by atoms with Crippen molar-refractivity contribution in [2.75, 3.05) is 10.8 Å². The van der Waals surface area contributed by atoms with E-state index in [1.807, 2.05) is 69.3 Å². The Morgan fingerprint density at radius 1 is 0.812 bits per heavy atom. The number of anilines is 1. The second-order valence-electron chi connectivity index (χ2n) is 11.9. The minimum absolute atomic E-state index is 0.0487. The van der Waals surface area contributed by atoms with Gasteiger partial charge >= 0.3 is 6.18 Å². The van der Waals surface area contributed by atoms with Crippen molar-refractivity contribution < 1.29 is 31.2 Å². The second-order valence-corrected chi connectivity index (χ2v) is 13.8. The number of rotatable bonds is 13. The number of hydrogen-bond donors (Lipinski definition) is 1. The van der Waals surface area contributed by atoms with Crippen LogP contribution in [-0.4, -0.2) is 43.8 Å². The maximum Gasteiger partial charge on any atom is 0.416 e. The van der Waals surface area contributed by atoms with E-state index in [2.05, 4.69) is 5.32 Å². The molecule has 11 heteroatoms. The van der Waals surface area contributed by atoms with Gasteiger partial charge in [0.25, 0.3) is 10.0 Å². The van der Waals surface area contributed by atoms with Crippen LogP contribution in [0.4, 0.5) is 18.9 Å². The van der Waals surface area contributed by atoms with Gasteiger partial charge in [-0.3, -0.25) is 13.9 Å². The molecule has 0 heterocycles. The summed E-state index contributed by atoms with van der Waals surface area (Å²) in [5.41, 5.74) is 1.75. The topological polar surface area (TPSA) is 86.8 Å². The highest BCUT2D eigenvalue weighted by Crippen LogP contribution is 2.33. The lowest BCUT2D eigenvalue weighted by Gasteiger charge is -2.34. The largest absolute Gasteiger partial charge is 0.416 e. The molecule has 0 aliphatic rings. The van der Waals surface area contributed by atoms with Gasteiger partial charge in [0.15, 0.2) is 0 Å². The molecule has 4 rings (SSSR count). The van der Waals surface area contributed by atoms with E-state index in [1.165, 1.54) is 23.1 Å². The molecule has 0 fully saturated rings. The maximum atomic E-state index is 14.5. The van der Waals surface area contributed by atoms with Gasteiger partial charge in [0.2, 0.25) is 11.8 Å². The molecule has 7 nitrogen and oxygen atoms in total. The lowest BCUT2D eigenvalue weighted by molar-refractivity contribution is -0.140. The van der Waals surface area contributed by atoms with E-state index in [-0.39, 0.29) is 29.6 Å². The molecule has 0 spiro atoms. The molecule has 4 aromatic carbocycles. The van der Waals surface area contributed by atoms with Crippen LogP contribution in [0.15, 0.2) is 108 Å². The molecule has 0 saturated carbocycles. The fourth-order valence-electron chi connectivity index (χ4n) is 5.21. The van der Waals surface area contributed by atoms with Gasteiger partial charge in [0.1, 0.15) is 12.6 Å². The predicted molar refractivity (Wildman–Crippen MR) is 181 cm³/mol. The monoisotopic (exact) mass is 679 g/mol. The fourth-order valence-corrected chi connectivity index (χ4v) is 6.61. The molecule has 254 valence electrons. The summed E-state index contributed by atoms with van der Waals surface area (Å²) in [6.07, 6.45) is -4.01. The second kappa shape index (κ2) is 15.5. The lowest BCUT2D eigenvalue weighted by Crippen LogP contribution is -2.54. The van der Waals surface area contributed by atoms with Crippen molar-refractivity contribution in [3.05, 3.63) is 131 Å². The number of benzene rings is 4. The summed E-state index contributed by atoms with van der Waals surface area (Å²) in [5.74, 6) is -1.19. The highest BCUT2D eigenvalue weighted by molar-refractivity contribution is 7.92. The standard InChI is InChI=1S/C37H40F3N3O4S/c1-5-28(4)41-36(45)34(22-29-12-7-6-8-13-29)42(24-30-14-9-11-27(3)21-30)35(44)25-43(32-16-10-15-31(23-32)37(38,39)40)48(46,47)33-19-17-26(2)18-20-33/h6-21,23,28,34H,5,22,24-25H2,1-4H3,(H,41,45)/t28-,34-/m1/s1. The Morgan fingerprint density at radius 3 is 2.08 bits per heavy atom. The number of aryl methyl sites for hydroxylation is 2.